The standard InChI is InChI=1S/C12H12ClFO5S/c13-8-3-9(12(15)16)11(14)10(4-8)20(17,18)6-7-1-2-19-5-7/h3-4,7H,1-2,5-6H2,(H,15,16). The molecule has 1 saturated heterocycles. The number of halogens is 2. The number of sulfone groups is 1. The van der Waals surface area contributed by atoms with E-state index in [-0.39, 0.29) is 16.7 Å². The maximum Gasteiger partial charge on any atom is 0.338 e. The summed E-state index contributed by atoms with van der Waals surface area (Å²) in [6, 6.07) is 1.82. The highest BCUT2D eigenvalue weighted by Crippen LogP contribution is 2.27. The van der Waals surface area contributed by atoms with Crippen LogP contribution in [0.1, 0.15) is 16.8 Å². The highest BCUT2D eigenvalue weighted by molar-refractivity contribution is 7.91. The monoisotopic (exact) mass is 322 g/mol. The molecular weight excluding hydrogens is 311 g/mol. The van der Waals surface area contributed by atoms with Crippen LogP contribution in [-0.4, -0.2) is 38.5 Å². The Labute approximate surface area is 120 Å². The third kappa shape index (κ3) is 3.11. The van der Waals surface area contributed by atoms with Gasteiger partial charge in [0.2, 0.25) is 0 Å². The van der Waals surface area contributed by atoms with Gasteiger partial charge in [0.25, 0.3) is 0 Å². The zero-order chi connectivity index (χ0) is 14.9. The fourth-order valence-electron chi connectivity index (χ4n) is 2.06. The quantitative estimate of drug-likeness (QED) is 0.917. The first-order valence-corrected chi connectivity index (χ1v) is 7.87. The molecule has 0 aliphatic carbocycles. The molecule has 1 aliphatic heterocycles. The van der Waals surface area contributed by atoms with Crippen LogP contribution in [-0.2, 0) is 14.6 Å². The van der Waals surface area contributed by atoms with E-state index in [1.54, 1.807) is 0 Å². The Hall–Kier alpha value is -1.18. The number of carboxylic acids is 1. The fourth-order valence-corrected chi connectivity index (χ4v) is 4.10. The van der Waals surface area contributed by atoms with Crippen LogP contribution in [0, 0.1) is 11.7 Å². The Kier molecular flexibility index (Phi) is 4.31. The van der Waals surface area contributed by atoms with Crippen molar-refractivity contribution in [2.75, 3.05) is 19.0 Å². The van der Waals surface area contributed by atoms with Crippen LogP contribution in [0.15, 0.2) is 17.0 Å². The lowest BCUT2D eigenvalue weighted by Crippen LogP contribution is -2.18. The van der Waals surface area contributed by atoms with Gasteiger partial charge in [0.05, 0.1) is 17.9 Å². The van der Waals surface area contributed by atoms with Crippen molar-refractivity contribution in [1.82, 2.24) is 0 Å². The molecule has 110 valence electrons. The third-order valence-electron chi connectivity index (χ3n) is 3.05. The van der Waals surface area contributed by atoms with Crippen LogP contribution in [0.3, 0.4) is 0 Å². The third-order valence-corrected chi connectivity index (χ3v) is 5.14. The maximum absolute atomic E-state index is 14.0. The molecule has 1 aliphatic rings. The number of carboxylic acid groups (broad SMARTS) is 1. The summed E-state index contributed by atoms with van der Waals surface area (Å²) in [5.41, 5.74) is -0.751. The SMILES string of the molecule is O=C(O)c1cc(Cl)cc(S(=O)(=O)CC2CCOC2)c1F. The van der Waals surface area contributed by atoms with Crippen molar-refractivity contribution in [2.24, 2.45) is 5.92 Å². The first-order chi connectivity index (χ1) is 9.31. The van der Waals surface area contributed by atoms with Gasteiger partial charge in [-0.15, -0.1) is 0 Å². The molecule has 0 spiro atoms. The molecule has 1 atom stereocenters. The summed E-state index contributed by atoms with van der Waals surface area (Å²) in [4.78, 5) is 10.2. The molecule has 1 unspecified atom stereocenters. The van der Waals surface area contributed by atoms with E-state index in [1.165, 1.54) is 0 Å². The minimum atomic E-state index is -3.96. The second kappa shape index (κ2) is 5.67. The minimum absolute atomic E-state index is 0.134. The molecule has 0 aromatic heterocycles. The highest BCUT2D eigenvalue weighted by atomic mass is 35.5. The molecule has 5 nitrogen and oxygen atoms in total. The van der Waals surface area contributed by atoms with Gasteiger partial charge >= 0.3 is 5.97 Å². The topological polar surface area (TPSA) is 80.7 Å². The van der Waals surface area contributed by atoms with Gasteiger partial charge in [-0.25, -0.2) is 17.6 Å². The Balaban J connectivity index is 2.42. The number of aromatic carboxylic acids is 1. The first kappa shape index (κ1) is 15.2. The second-order valence-electron chi connectivity index (χ2n) is 4.58. The predicted octanol–water partition coefficient (Wildman–Crippen LogP) is 1.99. The average Bonchev–Trinajstić information content (AvgIpc) is 2.83. The summed E-state index contributed by atoms with van der Waals surface area (Å²) in [7, 11) is -3.96. The number of rotatable bonds is 4. The van der Waals surface area contributed by atoms with E-state index < -0.39 is 32.1 Å². The molecule has 8 heteroatoms. The molecule has 1 heterocycles. The molecule has 20 heavy (non-hydrogen) atoms. The molecular formula is C12H12ClFO5S. The number of benzene rings is 1. The van der Waals surface area contributed by atoms with Crippen molar-refractivity contribution in [1.29, 1.82) is 0 Å². The maximum atomic E-state index is 14.0. The van der Waals surface area contributed by atoms with Crippen LogP contribution in [0.4, 0.5) is 4.39 Å². The summed E-state index contributed by atoms with van der Waals surface area (Å²) in [6.07, 6.45) is 0.577. The zero-order valence-corrected chi connectivity index (χ0v) is 11.9. The zero-order valence-electron chi connectivity index (χ0n) is 10.3. The van der Waals surface area contributed by atoms with Crippen LogP contribution in [0.5, 0.6) is 0 Å². The first-order valence-electron chi connectivity index (χ1n) is 5.84. The van der Waals surface area contributed by atoms with Crippen molar-refractivity contribution in [2.45, 2.75) is 11.3 Å². The van der Waals surface area contributed by atoms with E-state index in [0.717, 1.165) is 12.1 Å². The largest absolute Gasteiger partial charge is 0.478 e. The molecule has 1 aromatic carbocycles. The lowest BCUT2D eigenvalue weighted by molar-refractivity contribution is 0.0691. The van der Waals surface area contributed by atoms with Crippen molar-refractivity contribution in [3.63, 3.8) is 0 Å². The van der Waals surface area contributed by atoms with Gasteiger partial charge in [-0.3, -0.25) is 0 Å². The number of hydrogen-bond donors (Lipinski definition) is 1. The lowest BCUT2D eigenvalue weighted by Gasteiger charge is -2.11. The van der Waals surface area contributed by atoms with Crippen LogP contribution >= 0.6 is 11.6 Å². The average molecular weight is 323 g/mol. The van der Waals surface area contributed by atoms with Gasteiger partial charge < -0.3 is 9.84 Å². The van der Waals surface area contributed by atoms with Gasteiger partial charge in [0.1, 0.15) is 4.90 Å². The van der Waals surface area contributed by atoms with Crippen LogP contribution in [0.25, 0.3) is 0 Å². The molecule has 0 bridgehead atoms. The molecule has 1 fully saturated rings. The molecule has 0 radical (unpaired) electrons. The van der Waals surface area contributed by atoms with Crippen molar-refractivity contribution >= 4 is 27.4 Å². The normalized spacial score (nSPS) is 19.2. The second-order valence-corrected chi connectivity index (χ2v) is 7.02. The Morgan fingerprint density at radius 2 is 2.20 bits per heavy atom. The van der Waals surface area contributed by atoms with E-state index >= 15 is 0 Å². The smallest absolute Gasteiger partial charge is 0.338 e. The summed E-state index contributed by atoms with van der Waals surface area (Å²) in [6.45, 7) is 0.770. The molecule has 2 rings (SSSR count). The summed E-state index contributed by atoms with van der Waals surface area (Å²) in [5.74, 6) is -3.35. The molecule has 0 saturated carbocycles. The van der Waals surface area contributed by atoms with Gasteiger partial charge in [0, 0.05) is 11.6 Å². The molecule has 1 N–H and O–H groups in total. The van der Waals surface area contributed by atoms with Crippen LogP contribution in [0.2, 0.25) is 5.02 Å². The minimum Gasteiger partial charge on any atom is -0.478 e. The highest BCUT2D eigenvalue weighted by Gasteiger charge is 2.29. The molecule has 0 amide bonds. The number of hydrogen-bond acceptors (Lipinski definition) is 4. The van der Waals surface area contributed by atoms with E-state index in [4.69, 9.17) is 21.4 Å². The number of ether oxygens (including phenoxy) is 1. The van der Waals surface area contributed by atoms with Gasteiger partial charge in [-0.2, -0.15) is 0 Å². The Morgan fingerprint density at radius 3 is 2.75 bits per heavy atom. The van der Waals surface area contributed by atoms with E-state index in [1.807, 2.05) is 0 Å². The van der Waals surface area contributed by atoms with Gasteiger partial charge in [-0.1, -0.05) is 11.6 Å². The fraction of sp³-hybridized carbons (Fsp3) is 0.417. The summed E-state index contributed by atoms with van der Waals surface area (Å²) >= 11 is 5.67. The van der Waals surface area contributed by atoms with E-state index in [2.05, 4.69) is 0 Å². The molecule has 1 aromatic rings. The van der Waals surface area contributed by atoms with Crippen molar-refractivity contribution < 1.29 is 27.4 Å². The number of carbonyl (C=O) groups is 1. The van der Waals surface area contributed by atoms with Crippen molar-refractivity contribution in [3.8, 4) is 0 Å². The van der Waals surface area contributed by atoms with Gasteiger partial charge in [0.15, 0.2) is 15.7 Å². The summed E-state index contributed by atoms with van der Waals surface area (Å²) < 4.78 is 43.5. The van der Waals surface area contributed by atoms with Crippen molar-refractivity contribution in [3.05, 3.63) is 28.5 Å². The van der Waals surface area contributed by atoms with Gasteiger partial charge in [-0.05, 0) is 24.5 Å². The van der Waals surface area contributed by atoms with E-state index in [0.29, 0.717) is 19.6 Å². The Bertz CT molecular complexity index is 637. The predicted molar refractivity (Wildman–Crippen MR) is 69.3 cm³/mol. The van der Waals surface area contributed by atoms with Crippen LogP contribution < -0.4 is 0 Å². The van der Waals surface area contributed by atoms with E-state index in [9.17, 15) is 17.6 Å². The summed E-state index contributed by atoms with van der Waals surface area (Å²) in [5, 5.41) is 8.72. The lowest BCUT2D eigenvalue weighted by atomic mass is 10.2. The Morgan fingerprint density at radius 1 is 1.50 bits per heavy atom.